The van der Waals surface area contributed by atoms with Crippen LogP contribution in [-0.2, 0) is 11.3 Å². The van der Waals surface area contributed by atoms with Crippen LogP contribution in [0, 0.1) is 17.0 Å². The molecular formula is C18H21ClN3O3+. The molecule has 6 nitrogen and oxygen atoms in total. The Balaban J connectivity index is 1.97. The minimum absolute atomic E-state index is 0.0657. The highest BCUT2D eigenvalue weighted by Gasteiger charge is 2.15. The Morgan fingerprint density at radius 2 is 1.92 bits per heavy atom. The first-order valence-corrected chi connectivity index (χ1v) is 8.39. The van der Waals surface area contributed by atoms with Crippen molar-refractivity contribution < 1.29 is 14.6 Å². The van der Waals surface area contributed by atoms with E-state index in [2.05, 4.69) is 5.32 Å². The highest BCUT2D eigenvalue weighted by molar-refractivity contribution is 6.31. The van der Waals surface area contributed by atoms with Crippen molar-refractivity contribution >= 4 is 28.9 Å². The molecule has 1 unspecified atom stereocenters. The molecule has 132 valence electrons. The van der Waals surface area contributed by atoms with Gasteiger partial charge in [-0.1, -0.05) is 17.7 Å². The number of quaternary nitrogens is 1. The maximum absolute atomic E-state index is 12.3. The van der Waals surface area contributed by atoms with Crippen LogP contribution in [0.15, 0.2) is 42.5 Å². The molecule has 0 spiro atoms. The normalized spacial score (nSPS) is 11.8. The number of anilines is 1. The standard InChI is InChI=1S/C18H20ClN3O3/c1-3-21(11-14-5-8-16(9-6-14)22(24)25)12-18(23)20-17-10-15(19)7-4-13(17)2/h4-10H,3,11-12H2,1-2H3,(H,20,23)/p+1. The smallest absolute Gasteiger partial charge is 0.279 e. The third kappa shape index (κ3) is 5.55. The molecule has 0 aliphatic carbocycles. The second-order valence-corrected chi connectivity index (χ2v) is 6.32. The van der Waals surface area contributed by atoms with Crippen molar-refractivity contribution in [2.75, 3.05) is 18.4 Å². The van der Waals surface area contributed by atoms with E-state index in [9.17, 15) is 14.9 Å². The number of carbonyl (C=O) groups excluding carboxylic acids is 1. The number of hydrogen-bond acceptors (Lipinski definition) is 3. The fourth-order valence-corrected chi connectivity index (χ4v) is 2.66. The lowest BCUT2D eigenvalue weighted by molar-refractivity contribution is -0.903. The zero-order valence-corrected chi connectivity index (χ0v) is 15.0. The molecule has 25 heavy (non-hydrogen) atoms. The first kappa shape index (κ1) is 18.9. The molecule has 0 aromatic heterocycles. The molecule has 0 aliphatic rings. The van der Waals surface area contributed by atoms with Crippen molar-refractivity contribution in [3.05, 3.63) is 68.7 Å². The zero-order chi connectivity index (χ0) is 18.4. The Morgan fingerprint density at radius 3 is 2.52 bits per heavy atom. The molecule has 1 atom stereocenters. The minimum Gasteiger partial charge on any atom is -0.324 e. The maximum atomic E-state index is 12.3. The molecule has 2 aromatic rings. The monoisotopic (exact) mass is 362 g/mol. The van der Waals surface area contributed by atoms with Crippen LogP contribution in [0.3, 0.4) is 0 Å². The van der Waals surface area contributed by atoms with Crippen molar-refractivity contribution in [2.24, 2.45) is 0 Å². The Hall–Kier alpha value is -2.44. The Morgan fingerprint density at radius 1 is 1.24 bits per heavy atom. The van der Waals surface area contributed by atoms with Gasteiger partial charge in [-0.2, -0.15) is 0 Å². The topological polar surface area (TPSA) is 76.7 Å². The van der Waals surface area contributed by atoms with Crippen molar-refractivity contribution in [1.82, 2.24) is 0 Å². The number of likely N-dealkylation sites (N-methyl/N-ethyl adjacent to an activating group) is 1. The summed E-state index contributed by atoms with van der Waals surface area (Å²) in [6, 6.07) is 11.8. The summed E-state index contributed by atoms with van der Waals surface area (Å²) in [4.78, 5) is 23.7. The van der Waals surface area contributed by atoms with Gasteiger partial charge in [0.2, 0.25) is 0 Å². The summed E-state index contributed by atoms with van der Waals surface area (Å²) in [5.41, 5.74) is 2.68. The third-order valence-electron chi connectivity index (χ3n) is 3.99. The van der Waals surface area contributed by atoms with Crippen LogP contribution in [-0.4, -0.2) is 23.9 Å². The number of amides is 1. The molecule has 0 bridgehead atoms. The third-order valence-corrected chi connectivity index (χ3v) is 4.22. The lowest BCUT2D eigenvalue weighted by Gasteiger charge is -2.18. The first-order chi connectivity index (χ1) is 11.9. The van der Waals surface area contributed by atoms with E-state index in [-0.39, 0.29) is 11.6 Å². The number of nitro benzene ring substituents is 1. The Kier molecular flexibility index (Phi) is 6.50. The molecule has 0 radical (unpaired) electrons. The predicted molar refractivity (Wildman–Crippen MR) is 98.0 cm³/mol. The van der Waals surface area contributed by atoms with Crippen LogP contribution in [0.5, 0.6) is 0 Å². The fourth-order valence-electron chi connectivity index (χ4n) is 2.49. The van der Waals surface area contributed by atoms with E-state index in [0.29, 0.717) is 23.8 Å². The Bertz CT molecular complexity index is 763. The van der Waals surface area contributed by atoms with Crippen molar-refractivity contribution in [1.29, 1.82) is 0 Å². The average Bonchev–Trinajstić information content (AvgIpc) is 2.58. The molecule has 0 heterocycles. The van der Waals surface area contributed by atoms with Gasteiger partial charge >= 0.3 is 0 Å². The number of benzene rings is 2. The molecule has 2 N–H and O–H groups in total. The lowest BCUT2D eigenvalue weighted by Crippen LogP contribution is -3.11. The number of carbonyl (C=O) groups is 1. The zero-order valence-electron chi connectivity index (χ0n) is 14.2. The van der Waals surface area contributed by atoms with E-state index in [1.54, 1.807) is 24.3 Å². The largest absolute Gasteiger partial charge is 0.324 e. The van der Waals surface area contributed by atoms with E-state index in [0.717, 1.165) is 22.6 Å². The van der Waals surface area contributed by atoms with E-state index >= 15 is 0 Å². The van der Waals surface area contributed by atoms with Crippen LogP contribution in [0.1, 0.15) is 18.1 Å². The summed E-state index contributed by atoms with van der Waals surface area (Å²) in [6.07, 6.45) is 0. The fraction of sp³-hybridized carbons (Fsp3) is 0.278. The molecule has 2 rings (SSSR count). The predicted octanol–water partition coefficient (Wildman–Crippen LogP) is 2.60. The number of nitrogens with one attached hydrogen (secondary N) is 2. The van der Waals surface area contributed by atoms with E-state index in [4.69, 9.17) is 11.6 Å². The van der Waals surface area contributed by atoms with E-state index in [1.807, 2.05) is 19.9 Å². The number of non-ortho nitro benzene ring substituents is 1. The van der Waals surface area contributed by atoms with E-state index < -0.39 is 4.92 Å². The van der Waals surface area contributed by atoms with Gasteiger partial charge in [-0.3, -0.25) is 14.9 Å². The van der Waals surface area contributed by atoms with Gasteiger partial charge < -0.3 is 10.2 Å². The second-order valence-electron chi connectivity index (χ2n) is 5.89. The van der Waals surface area contributed by atoms with Crippen LogP contribution >= 0.6 is 11.6 Å². The maximum Gasteiger partial charge on any atom is 0.279 e. The molecule has 0 aliphatic heterocycles. The van der Waals surface area contributed by atoms with Gasteiger partial charge in [0.05, 0.1) is 11.5 Å². The number of halogens is 1. The number of hydrogen-bond donors (Lipinski definition) is 2. The second kappa shape index (κ2) is 8.60. The molecule has 2 aromatic carbocycles. The van der Waals surface area contributed by atoms with Gasteiger partial charge in [0.25, 0.3) is 11.6 Å². The quantitative estimate of drug-likeness (QED) is 0.587. The van der Waals surface area contributed by atoms with Gasteiger partial charge in [0.1, 0.15) is 6.54 Å². The Labute approximate surface area is 151 Å². The highest BCUT2D eigenvalue weighted by atomic mass is 35.5. The highest BCUT2D eigenvalue weighted by Crippen LogP contribution is 2.19. The van der Waals surface area contributed by atoms with Crippen molar-refractivity contribution in [2.45, 2.75) is 20.4 Å². The van der Waals surface area contributed by atoms with Gasteiger partial charge in [0, 0.05) is 28.4 Å². The summed E-state index contributed by atoms with van der Waals surface area (Å²) in [5.74, 6) is -0.0934. The summed E-state index contributed by atoms with van der Waals surface area (Å²) in [7, 11) is 0. The number of aryl methyl sites for hydroxylation is 1. The molecule has 0 fully saturated rings. The van der Waals surface area contributed by atoms with Gasteiger partial charge in [-0.05, 0) is 43.7 Å². The molecule has 0 saturated carbocycles. The molecular weight excluding hydrogens is 342 g/mol. The molecule has 0 saturated heterocycles. The van der Waals surface area contributed by atoms with Crippen molar-refractivity contribution in [3.63, 3.8) is 0 Å². The summed E-state index contributed by atoms with van der Waals surface area (Å²) < 4.78 is 0. The van der Waals surface area contributed by atoms with Crippen LogP contribution in [0.25, 0.3) is 0 Å². The minimum atomic E-state index is -0.422. The van der Waals surface area contributed by atoms with Gasteiger partial charge in [0.15, 0.2) is 6.54 Å². The van der Waals surface area contributed by atoms with Crippen LogP contribution in [0.4, 0.5) is 11.4 Å². The summed E-state index contributed by atoms with van der Waals surface area (Å²) in [6.45, 7) is 5.60. The number of rotatable bonds is 7. The SMILES string of the molecule is CC[NH+](CC(=O)Nc1cc(Cl)ccc1C)Cc1ccc([N+](=O)[O-])cc1. The average molecular weight is 363 g/mol. The molecule has 1 amide bonds. The summed E-state index contributed by atoms with van der Waals surface area (Å²) >= 11 is 5.97. The van der Waals surface area contributed by atoms with Gasteiger partial charge in [-0.15, -0.1) is 0 Å². The van der Waals surface area contributed by atoms with Gasteiger partial charge in [-0.25, -0.2) is 0 Å². The first-order valence-electron chi connectivity index (χ1n) is 8.02. The lowest BCUT2D eigenvalue weighted by atomic mass is 10.2. The van der Waals surface area contributed by atoms with Crippen LogP contribution < -0.4 is 10.2 Å². The number of nitro groups is 1. The van der Waals surface area contributed by atoms with Crippen molar-refractivity contribution in [3.8, 4) is 0 Å². The van der Waals surface area contributed by atoms with E-state index in [1.165, 1.54) is 12.1 Å². The van der Waals surface area contributed by atoms with Crippen LogP contribution in [0.2, 0.25) is 5.02 Å². The number of nitrogens with zero attached hydrogens (tertiary/aromatic N) is 1. The summed E-state index contributed by atoms with van der Waals surface area (Å²) in [5, 5.41) is 14.2. The molecule has 7 heteroatoms.